The highest BCUT2D eigenvalue weighted by atomic mass is 15.3. The van der Waals surface area contributed by atoms with Crippen LogP contribution in [0.4, 0.5) is 0 Å². The molecule has 2 aromatic heterocycles. The summed E-state index contributed by atoms with van der Waals surface area (Å²) in [5.41, 5.74) is 7.51. The van der Waals surface area contributed by atoms with Gasteiger partial charge in [0.15, 0.2) is 0 Å². The van der Waals surface area contributed by atoms with Crippen LogP contribution in [0.2, 0.25) is 0 Å². The highest BCUT2D eigenvalue weighted by molar-refractivity contribution is 5.64. The van der Waals surface area contributed by atoms with Gasteiger partial charge in [0.25, 0.3) is 0 Å². The number of aryl methyl sites for hydroxylation is 2. The zero-order valence-electron chi connectivity index (χ0n) is 14.9. The number of pyridine rings is 1. The lowest BCUT2D eigenvalue weighted by molar-refractivity contribution is 0.274. The van der Waals surface area contributed by atoms with Gasteiger partial charge >= 0.3 is 0 Å². The Labute approximate surface area is 149 Å². The molecule has 0 amide bonds. The van der Waals surface area contributed by atoms with Crippen molar-refractivity contribution in [1.29, 1.82) is 0 Å². The van der Waals surface area contributed by atoms with E-state index in [9.17, 15) is 0 Å². The summed E-state index contributed by atoms with van der Waals surface area (Å²) in [4.78, 5) is 7.07. The van der Waals surface area contributed by atoms with Gasteiger partial charge in [-0.25, -0.2) is 0 Å². The van der Waals surface area contributed by atoms with Crippen molar-refractivity contribution in [3.63, 3.8) is 0 Å². The Morgan fingerprint density at radius 2 is 1.80 bits per heavy atom. The first-order valence-corrected chi connectivity index (χ1v) is 8.95. The van der Waals surface area contributed by atoms with Gasteiger partial charge < -0.3 is 0 Å². The second-order valence-electron chi connectivity index (χ2n) is 6.87. The monoisotopic (exact) mass is 332 g/mol. The SMILES string of the molecule is Cc1ccc(CN2CCc3c(-c4ccccc4)nn(C)c3CC2)nc1. The van der Waals surface area contributed by atoms with Gasteiger partial charge in [-0.15, -0.1) is 0 Å². The molecule has 25 heavy (non-hydrogen) atoms. The third-order valence-corrected chi connectivity index (χ3v) is 5.02. The summed E-state index contributed by atoms with van der Waals surface area (Å²) in [5, 5.41) is 4.81. The smallest absolute Gasteiger partial charge is 0.0958 e. The maximum absolute atomic E-state index is 4.81. The average molecular weight is 332 g/mol. The first-order valence-electron chi connectivity index (χ1n) is 8.95. The second kappa shape index (κ2) is 6.81. The van der Waals surface area contributed by atoms with E-state index in [0.29, 0.717) is 0 Å². The quantitative estimate of drug-likeness (QED) is 0.737. The first kappa shape index (κ1) is 16.0. The van der Waals surface area contributed by atoms with E-state index in [1.54, 1.807) is 0 Å². The minimum absolute atomic E-state index is 0.919. The standard InChI is InChI=1S/C21H24N4/c1-16-8-9-18(22-14-16)15-25-12-10-19-20(11-13-25)24(2)23-21(19)17-6-4-3-5-7-17/h3-9,14H,10-13,15H2,1-2H3. The van der Waals surface area contributed by atoms with E-state index in [2.05, 4.69) is 71.0 Å². The molecule has 0 saturated carbocycles. The molecule has 3 heterocycles. The Kier molecular flexibility index (Phi) is 4.36. The summed E-state index contributed by atoms with van der Waals surface area (Å²) < 4.78 is 2.07. The molecule has 0 aliphatic carbocycles. The highest BCUT2D eigenvalue weighted by Crippen LogP contribution is 2.28. The van der Waals surface area contributed by atoms with Crippen molar-refractivity contribution >= 4 is 0 Å². The Morgan fingerprint density at radius 3 is 2.56 bits per heavy atom. The number of fused-ring (bicyclic) bond motifs is 1. The van der Waals surface area contributed by atoms with Crippen LogP contribution in [0, 0.1) is 6.92 Å². The number of benzene rings is 1. The van der Waals surface area contributed by atoms with Crippen LogP contribution < -0.4 is 0 Å². The van der Waals surface area contributed by atoms with Gasteiger partial charge in [0.2, 0.25) is 0 Å². The predicted molar refractivity (Wildman–Crippen MR) is 100 cm³/mol. The van der Waals surface area contributed by atoms with Gasteiger partial charge in [0, 0.05) is 56.1 Å². The van der Waals surface area contributed by atoms with Gasteiger partial charge in [0.05, 0.1) is 11.4 Å². The van der Waals surface area contributed by atoms with Crippen LogP contribution in [-0.2, 0) is 26.4 Å². The van der Waals surface area contributed by atoms with E-state index >= 15 is 0 Å². The zero-order chi connectivity index (χ0) is 17.2. The zero-order valence-corrected chi connectivity index (χ0v) is 14.9. The van der Waals surface area contributed by atoms with Crippen molar-refractivity contribution in [1.82, 2.24) is 19.7 Å². The van der Waals surface area contributed by atoms with Gasteiger partial charge in [0.1, 0.15) is 0 Å². The van der Waals surface area contributed by atoms with Crippen molar-refractivity contribution in [2.75, 3.05) is 13.1 Å². The summed E-state index contributed by atoms with van der Waals surface area (Å²) in [6.45, 7) is 5.10. The summed E-state index contributed by atoms with van der Waals surface area (Å²) in [7, 11) is 2.07. The molecule has 4 heteroatoms. The first-order chi connectivity index (χ1) is 12.2. The molecule has 128 valence electrons. The van der Waals surface area contributed by atoms with Crippen molar-refractivity contribution < 1.29 is 0 Å². The lowest BCUT2D eigenvalue weighted by Crippen LogP contribution is -2.26. The van der Waals surface area contributed by atoms with Gasteiger partial charge in [-0.1, -0.05) is 36.4 Å². The minimum Gasteiger partial charge on any atom is -0.297 e. The number of hydrogen-bond acceptors (Lipinski definition) is 3. The van der Waals surface area contributed by atoms with Crippen LogP contribution in [0.3, 0.4) is 0 Å². The third kappa shape index (κ3) is 3.35. The minimum atomic E-state index is 0.919. The molecule has 0 saturated heterocycles. The number of rotatable bonds is 3. The fourth-order valence-electron chi connectivity index (χ4n) is 3.63. The van der Waals surface area contributed by atoms with Crippen molar-refractivity contribution in [3.8, 4) is 11.3 Å². The van der Waals surface area contributed by atoms with Crippen molar-refractivity contribution in [2.24, 2.45) is 7.05 Å². The van der Waals surface area contributed by atoms with E-state index in [1.807, 2.05) is 6.20 Å². The topological polar surface area (TPSA) is 34.0 Å². The van der Waals surface area contributed by atoms with Gasteiger partial charge in [-0.3, -0.25) is 14.6 Å². The average Bonchev–Trinajstić information content (AvgIpc) is 2.81. The molecule has 1 aliphatic heterocycles. The predicted octanol–water partition coefficient (Wildman–Crippen LogP) is 3.39. The molecule has 4 nitrogen and oxygen atoms in total. The number of aromatic nitrogens is 3. The van der Waals surface area contributed by atoms with E-state index < -0.39 is 0 Å². The summed E-state index contributed by atoms with van der Waals surface area (Å²) in [6, 6.07) is 14.8. The Bertz CT molecular complexity index is 850. The fourth-order valence-corrected chi connectivity index (χ4v) is 3.63. The molecule has 0 fully saturated rings. The molecule has 0 radical (unpaired) electrons. The number of hydrogen-bond donors (Lipinski definition) is 0. The highest BCUT2D eigenvalue weighted by Gasteiger charge is 2.22. The van der Waals surface area contributed by atoms with E-state index in [-0.39, 0.29) is 0 Å². The van der Waals surface area contributed by atoms with Crippen LogP contribution in [0.25, 0.3) is 11.3 Å². The van der Waals surface area contributed by atoms with Crippen LogP contribution in [0.15, 0.2) is 48.7 Å². The van der Waals surface area contributed by atoms with Gasteiger partial charge in [-0.05, 0) is 25.0 Å². The van der Waals surface area contributed by atoms with Crippen molar-refractivity contribution in [3.05, 3.63) is 71.2 Å². The molecular formula is C21H24N4. The largest absolute Gasteiger partial charge is 0.297 e. The van der Waals surface area contributed by atoms with E-state index in [0.717, 1.165) is 43.9 Å². The third-order valence-electron chi connectivity index (χ3n) is 5.02. The summed E-state index contributed by atoms with van der Waals surface area (Å²) in [5.74, 6) is 0. The van der Waals surface area contributed by atoms with Gasteiger partial charge in [-0.2, -0.15) is 5.10 Å². The normalized spacial score (nSPS) is 15.0. The van der Waals surface area contributed by atoms with Crippen LogP contribution in [0.5, 0.6) is 0 Å². The van der Waals surface area contributed by atoms with Crippen molar-refractivity contribution in [2.45, 2.75) is 26.3 Å². The molecule has 0 N–H and O–H groups in total. The number of nitrogens with zero attached hydrogens (tertiary/aromatic N) is 4. The maximum atomic E-state index is 4.81. The molecule has 0 spiro atoms. The molecule has 0 bridgehead atoms. The summed E-state index contributed by atoms with van der Waals surface area (Å²) >= 11 is 0. The Morgan fingerprint density at radius 1 is 1.00 bits per heavy atom. The lowest BCUT2D eigenvalue weighted by atomic mass is 10.0. The molecule has 0 unspecified atom stereocenters. The Hall–Kier alpha value is -2.46. The summed E-state index contributed by atoms with van der Waals surface area (Å²) in [6.07, 6.45) is 4.04. The lowest BCUT2D eigenvalue weighted by Gasteiger charge is -2.19. The van der Waals surface area contributed by atoms with Crippen LogP contribution in [-0.4, -0.2) is 32.8 Å². The molecule has 1 aliphatic rings. The van der Waals surface area contributed by atoms with Crippen LogP contribution in [0.1, 0.15) is 22.5 Å². The Balaban J connectivity index is 1.55. The molecule has 3 aromatic rings. The van der Waals surface area contributed by atoms with E-state index in [1.165, 1.54) is 22.4 Å². The van der Waals surface area contributed by atoms with Crippen LogP contribution >= 0.6 is 0 Å². The molecule has 4 rings (SSSR count). The maximum Gasteiger partial charge on any atom is 0.0958 e. The fraction of sp³-hybridized carbons (Fsp3) is 0.333. The molecule has 1 aromatic carbocycles. The second-order valence-corrected chi connectivity index (χ2v) is 6.87. The molecular weight excluding hydrogens is 308 g/mol. The molecule has 0 atom stereocenters. The van der Waals surface area contributed by atoms with E-state index in [4.69, 9.17) is 5.10 Å².